The second kappa shape index (κ2) is 17.1. The van der Waals surface area contributed by atoms with Crippen LogP contribution < -0.4 is 0 Å². The number of unbranched alkanes of at least 4 members (excludes halogenated alkanes) is 12. The van der Waals surface area contributed by atoms with Crippen LogP contribution in [-0.4, -0.2) is 0 Å². The van der Waals surface area contributed by atoms with Gasteiger partial charge in [-0.05, 0) is 12.3 Å². The third kappa shape index (κ3) is 14.4. The first-order valence-electron chi connectivity index (χ1n) is 9.64. The third-order valence-electron chi connectivity index (χ3n) is 4.67. The normalized spacial score (nSPS) is 11.4. The Kier molecular flexibility index (Phi) is 17.1. The quantitative estimate of drug-likeness (QED) is 0.254. The lowest BCUT2D eigenvalue weighted by Crippen LogP contribution is -1.96. The standard InChI is InChI=1S/C20H41/c1-4-7-8-9-10-11-12-13-14-15-16-17-18-19-20(5-2)6-3/h5,20H,4,6-19H2,1-3H3. The smallest absolute Gasteiger partial charge is 0.0386 e. The maximum Gasteiger partial charge on any atom is -0.0386 e. The molecule has 0 N–H and O–H groups in total. The minimum atomic E-state index is 0.878. The summed E-state index contributed by atoms with van der Waals surface area (Å²) in [4.78, 5) is 0. The number of rotatable bonds is 16. The van der Waals surface area contributed by atoms with Gasteiger partial charge in [-0.25, -0.2) is 0 Å². The van der Waals surface area contributed by atoms with E-state index < -0.39 is 0 Å². The Morgan fingerprint density at radius 1 is 0.600 bits per heavy atom. The van der Waals surface area contributed by atoms with Gasteiger partial charge < -0.3 is 0 Å². The van der Waals surface area contributed by atoms with Crippen molar-refractivity contribution in [1.29, 1.82) is 0 Å². The molecule has 0 nitrogen and oxygen atoms in total. The lowest BCUT2D eigenvalue weighted by Gasteiger charge is -2.10. The highest BCUT2D eigenvalue weighted by atomic mass is 14.1. The van der Waals surface area contributed by atoms with E-state index in [0.29, 0.717) is 0 Å². The van der Waals surface area contributed by atoms with Crippen molar-refractivity contribution in [2.75, 3.05) is 0 Å². The van der Waals surface area contributed by atoms with Gasteiger partial charge in [-0.15, -0.1) is 0 Å². The average molecular weight is 282 g/mol. The Labute approximate surface area is 130 Å². The maximum atomic E-state index is 2.39. The van der Waals surface area contributed by atoms with E-state index in [-0.39, 0.29) is 0 Å². The van der Waals surface area contributed by atoms with Crippen molar-refractivity contribution < 1.29 is 0 Å². The highest BCUT2D eigenvalue weighted by Gasteiger charge is 2.02. The SMILES string of the molecule is C[CH]C(CC)CCCCCCCCCCCCCCC. The minimum Gasteiger partial charge on any atom is -0.0654 e. The van der Waals surface area contributed by atoms with Crippen LogP contribution in [0, 0.1) is 12.3 Å². The Morgan fingerprint density at radius 3 is 1.35 bits per heavy atom. The van der Waals surface area contributed by atoms with Crippen LogP contribution in [0.25, 0.3) is 0 Å². The van der Waals surface area contributed by atoms with Gasteiger partial charge in [0.15, 0.2) is 0 Å². The topological polar surface area (TPSA) is 0 Å². The van der Waals surface area contributed by atoms with Crippen LogP contribution >= 0.6 is 0 Å². The Balaban J connectivity index is 3.02. The van der Waals surface area contributed by atoms with E-state index in [0.717, 1.165) is 5.92 Å². The molecule has 0 aliphatic rings. The summed E-state index contributed by atoms with van der Waals surface area (Å²) in [5.74, 6) is 0.878. The molecule has 0 amide bonds. The van der Waals surface area contributed by atoms with Gasteiger partial charge in [0.1, 0.15) is 0 Å². The molecule has 0 saturated carbocycles. The van der Waals surface area contributed by atoms with Crippen LogP contribution in [0.1, 0.15) is 117 Å². The average Bonchev–Trinajstić information content (AvgIpc) is 2.48. The zero-order valence-corrected chi connectivity index (χ0v) is 14.8. The molecule has 0 rings (SSSR count). The Hall–Kier alpha value is 0. The van der Waals surface area contributed by atoms with Gasteiger partial charge in [0.2, 0.25) is 0 Å². The van der Waals surface area contributed by atoms with Crippen LogP contribution in [0.5, 0.6) is 0 Å². The highest BCUT2D eigenvalue weighted by molar-refractivity contribution is 4.69. The molecule has 20 heavy (non-hydrogen) atoms. The van der Waals surface area contributed by atoms with Gasteiger partial charge in [0.05, 0.1) is 0 Å². The van der Waals surface area contributed by atoms with Crippen LogP contribution in [0.2, 0.25) is 0 Å². The van der Waals surface area contributed by atoms with Crippen LogP contribution in [0.15, 0.2) is 0 Å². The second-order valence-corrected chi connectivity index (χ2v) is 6.53. The molecule has 0 aromatic carbocycles. The molecule has 0 fully saturated rings. The van der Waals surface area contributed by atoms with Crippen molar-refractivity contribution in [3.63, 3.8) is 0 Å². The molecule has 0 bridgehead atoms. The monoisotopic (exact) mass is 281 g/mol. The van der Waals surface area contributed by atoms with E-state index in [9.17, 15) is 0 Å². The Morgan fingerprint density at radius 2 is 1.00 bits per heavy atom. The summed E-state index contributed by atoms with van der Waals surface area (Å²) in [7, 11) is 0. The minimum absolute atomic E-state index is 0.878. The summed E-state index contributed by atoms with van der Waals surface area (Å²) in [6.07, 6.45) is 24.1. The molecule has 0 aromatic rings. The maximum absolute atomic E-state index is 2.39. The van der Waals surface area contributed by atoms with Crippen LogP contribution in [0.3, 0.4) is 0 Å². The second-order valence-electron chi connectivity index (χ2n) is 6.53. The highest BCUT2D eigenvalue weighted by Crippen LogP contribution is 2.17. The molecule has 0 saturated heterocycles. The predicted molar refractivity (Wildman–Crippen MR) is 94.1 cm³/mol. The van der Waals surface area contributed by atoms with Gasteiger partial charge in [0, 0.05) is 0 Å². The van der Waals surface area contributed by atoms with E-state index in [1.54, 1.807) is 0 Å². The zero-order valence-electron chi connectivity index (χ0n) is 14.8. The molecule has 0 aliphatic carbocycles. The molecule has 0 heterocycles. The first-order valence-corrected chi connectivity index (χ1v) is 9.64. The molecular formula is C20H41. The molecule has 0 aliphatic heterocycles. The van der Waals surface area contributed by atoms with Crippen molar-refractivity contribution in [2.24, 2.45) is 5.92 Å². The predicted octanol–water partition coefficient (Wildman–Crippen LogP) is 7.72. The molecule has 0 heteroatoms. The molecule has 1 atom stereocenters. The van der Waals surface area contributed by atoms with E-state index in [1.807, 2.05) is 0 Å². The first-order chi connectivity index (χ1) is 9.85. The van der Waals surface area contributed by atoms with Crippen molar-refractivity contribution in [1.82, 2.24) is 0 Å². The molecule has 0 aromatic heterocycles. The van der Waals surface area contributed by atoms with Crippen LogP contribution in [0.4, 0.5) is 0 Å². The fraction of sp³-hybridized carbons (Fsp3) is 0.950. The fourth-order valence-electron chi connectivity index (χ4n) is 3.03. The van der Waals surface area contributed by atoms with E-state index >= 15 is 0 Å². The molecule has 121 valence electrons. The molecule has 1 radical (unpaired) electrons. The van der Waals surface area contributed by atoms with Gasteiger partial charge in [-0.1, -0.05) is 117 Å². The van der Waals surface area contributed by atoms with E-state index in [2.05, 4.69) is 27.2 Å². The lowest BCUT2D eigenvalue weighted by atomic mass is 9.95. The summed E-state index contributed by atoms with van der Waals surface area (Å²) in [5.41, 5.74) is 0. The summed E-state index contributed by atoms with van der Waals surface area (Å²) in [6, 6.07) is 0. The van der Waals surface area contributed by atoms with E-state index in [4.69, 9.17) is 0 Å². The molecule has 0 spiro atoms. The van der Waals surface area contributed by atoms with E-state index in [1.165, 1.54) is 96.3 Å². The van der Waals surface area contributed by atoms with Crippen molar-refractivity contribution >= 4 is 0 Å². The summed E-state index contributed by atoms with van der Waals surface area (Å²) < 4.78 is 0. The van der Waals surface area contributed by atoms with Gasteiger partial charge in [-0.3, -0.25) is 0 Å². The van der Waals surface area contributed by atoms with Crippen molar-refractivity contribution in [3.8, 4) is 0 Å². The lowest BCUT2D eigenvalue weighted by molar-refractivity contribution is 0.481. The molecule has 1 unspecified atom stereocenters. The van der Waals surface area contributed by atoms with Gasteiger partial charge >= 0.3 is 0 Å². The largest absolute Gasteiger partial charge is 0.0654 e. The van der Waals surface area contributed by atoms with Gasteiger partial charge in [0.25, 0.3) is 0 Å². The van der Waals surface area contributed by atoms with Gasteiger partial charge in [-0.2, -0.15) is 0 Å². The van der Waals surface area contributed by atoms with Crippen molar-refractivity contribution in [2.45, 2.75) is 117 Å². The first kappa shape index (κ1) is 20.0. The number of hydrogen-bond donors (Lipinski definition) is 0. The number of hydrogen-bond acceptors (Lipinski definition) is 0. The zero-order chi connectivity index (χ0) is 14.9. The third-order valence-corrected chi connectivity index (χ3v) is 4.67. The summed E-state index contributed by atoms with van der Waals surface area (Å²) in [5, 5.41) is 0. The van der Waals surface area contributed by atoms with Crippen LogP contribution in [-0.2, 0) is 0 Å². The fourth-order valence-corrected chi connectivity index (χ4v) is 3.03. The molecular weight excluding hydrogens is 240 g/mol. The summed E-state index contributed by atoms with van der Waals surface area (Å²) >= 11 is 0. The Bertz CT molecular complexity index is 157. The van der Waals surface area contributed by atoms with Crippen molar-refractivity contribution in [3.05, 3.63) is 6.42 Å². The summed E-state index contributed by atoms with van der Waals surface area (Å²) in [6.45, 7) is 6.83.